The number of hydrogen-bond acceptors (Lipinski definition) is 9. The first kappa shape index (κ1) is 49.3. The Morgan fingerprint density at radius 1 is 0.808 bits per heavy atom. The number of rotatable bonds is 13. The molecule has 0 spiro atoms. The zero-order valence-electron chi connectivity index (χ0n) is 42.2. The molecule has 2 aromatic heterocycles. The van der Waals surface area contributed by atoms with Crippen molar-refractivity contribution in [2.24, 2.45) is 14.1 Å². The highest BCUT2D eigenvalue weighted by Gasteiger charge is 2.36. The highest BCUT2D eigenvalue weighted by atomic mass is 19.1. The molecule has 0 aliphatic carbocycles. The zero-order valence-corrected chi connectivity index (χ0v) is 42.2. The molecular formula is C58H63FN8O6. The number of halogens is 1. The van der Waals surface area contributed by atoms with Crippen LogP contribution in [0.1, 0.15) is 78.5 Å². The number of nitriles is 1. The van der Waals surface area contributed by atoms with Crippen LogP contribution in [0.3, 0.4) is 0 Å². The molecule has 0 unspecified atom stereocenters. The summed E-state index contributed by atoms with van der Waals surface area (Å²) in [5.74, 6) is -0.710. The van der Waals surface area contributed by atoms with Gasteiger partial charge < -0.3 is 38.4 Å². The minimum atomic E-state index is -0.494. The van der Waals surface area contributed by atoms with Gasteiger partial charge in [-0.2, -0.15) is 5.26 Å². The fourth-order valence-electron chi connectivity index (χ4n) is 11.0. The van der Waals surface area contributed by atoms with E-state index in [4.69, 9.17) is 9.47 Å². The van der Waals surface area contributed by atoms with E-state index in [1.165, 1.54) is 23.8 Å². The van der Waals surface area contributed by atoms with Gasteiger partial charge >= 0.3 is 0 Å². The number of phenols is 1. The van der Waals surface area contributed by atoms with Gasteiger partial charge in [0.2, 0.25) is 5.91 Å². The number of ether oxygens (including phenoxy) is 2. The van der Waals surface area contributed by atoms with Crippen LogP contribution in [0.5, 0.6) is 11.5 Å². The van der Waals surface area contributed by atoms with Crippen molar-refractivity contribution in [3.8, 4) is 28.8 Å². The van der Waals surface area contributed by atoms with E-state index < -0.39 is 5.82 Å². The Labute approximate surface area is 426 Å². The molecule has 378 valence electrons. The SMILES string of the molecule is Cc1c(N(C(=O)c2cc(-c3cc4c(cc3C(=O)N3Cc5ccccc5C[C@H]3CN3CCCC3)CN(C(=O)Cc3ccc(OCCN5CCOCC5)cc3F)CC4)n(C)c2C)c2ccc(O)cc2)cc(C#N)n1C. The highest BCUT2D eigenvalue weighted by Crippen LogP contribution is 2.39. The molecule has 6 heterocycles. The highest BCUT2D eigenvalue weighted by molar-refractivity contribution is 6.13. The van der Waals surface area contributed by atoms with Crippen molar-refractivity contribution in [1.29, 1.82) is 5.26 Å². The van der Waals surface area contributed by atoms with Crippen LogP contribution in [-0.2, 0) is 56.0 Å². The summed E-state index contributed by atoms with van der Waals surface area (Å²) in [6.07, 6.45) is 3.37. The lowest BCUT2D eigenvalue weighted by molar-refractivity contribution is -0.131. The number of carbonyl (C=O) groups excluding carboxylic acids is 3. The van der Waals surface area contributed by atoms with Crippen molar-refractivity contribution in [3.05, 3.63) is 153 Å². The third kappa shape index (κ3) is 10.1. The maximum absolute atomic E-state index is 15.7. The molecule has 4 aliphatic rings. The van der Waals surface area contributed by atoms with Gasteiger partial charge in [0.1, 0.15) is 35.7 Å². The number of phenolic OH excluding ortho intramolecular Hbond substituents is 1. The molecule has 0 radical (unpaired) electrons. The van der Waals surface area contributed by atoms with Crippen molar-refractivity contribution in [2.75, 3.05) is 70.5 Å². The lowest BCUT2D eigenvalue weighted by Gasteiger charge is -2.39. The fraction of sp³-hybridized carbons (Fsp3) is 0.379. The summed E-state index contributed by atoms with van der Waals surface area (Å²) < 4.78 is 30.6. The number of benzene rings is 4. The van der Waals surface area contributed by atoms with Crippen LogP contribution < -0.4 is 9.64 Å². The van der Waals surface area contributed by atoms with Gasteiger partial charge in [0, 0.05) is 106 Å². The summed E-state index contributed by atoms with van der Waals surface area (Å²) in [5.41, 5.74) is 9.51. The summed E-state index contributed by atoms with van der Waals surface area (Å²) in [7, 11) is 3.69. The van der Waals surface area contributed by atoms with E-state index in [1.54, 1.807) is 51.7 Å². The molecule has 2 saturated heterocycles. The minimum absolute atomic E-state index is 0.0502. The summed E-state index contributed by atoms with van der Waals surface area (Å²) in [5, 5.41) is 20.2. The molecule has 0 bridgehead atoms. The van der Waals surface area contributed by atoms with Crippen molar-refractivity contribution in [3.63, 3.8) is 0 Å². The summed E-state index contributed by atoms with van der Waals surface area (Å²) in [4.78, 5) is 55.1. The van der Waals surface area contributed by atoms with Gasteiger partial charge in [-0.3, -0.25) is 24.2 Å². The molecule has 1 atom stereocenters. The van der Waals surface area contributed by atoms with E-state index in [9.17, 15) is 15.2 Å². The maximum Gasteiger partial charge on any atom is 0.264 e. The maximum atomic E-state index is 15.7. The average Bonchev–Trinajstić information content (AvgIpc) is 4.11. The zero-order chi connectivity index (χ0) is 50.9. The van der Waals surface area contributed by atoms with Crippen molar-refractivity contribution in [2.45, 2.75) is 65.1 Å². The molecule has 6 aromatic rings. The van der Waals surface area contributed by atoms with Crippen LogP contribution in [-0.4, -0.2) is 123 Å². The largest absolute Gasteiger partial charge is 0.508 e. The summed E-state index contributed by atoms with van der Waals surface area (Å²) in [6.45, 7) is 11.8. The Hall–Kier alpha value is -7.25. The Morgan fingerprint density at radius 2 is 1.56 bits per heavy atom. The minimum Gasteiger partial charge on any atom is -0.508 e. The van der Waals surface area contributed by atoms with Gasteiger partial charge in [0.05, 0.1) is 30.9 Å². The quantitative estimate of drug-likeness (QED) is 0.123. The normalized spacial score (nSPS) is 17.0. The molecule has 14 nitrogen and oxygen atoms in total. The van der Waals surface area contributed by atoms with E-state index >= 15 is 14.0 Å². The molecule has 10 rings (SSSR count). The first-order valence-electron chi connectivity index (χ1n) is 25.5. The lowest BCUT2D eigenvalue weighted by atomic mass is 9.89. The number of aromatic hydroxyl groups is 1. The van der Waals surface area contributed by atoms with Crippen LogP contribution in [0.2, 0.25) is 0 Å². The number of nitrogens with zero attached hydrogens (tertiary/aromatic N) is 8. The Bertz CT molecular complexity index is 3110. The summed E-state index contributed by atoms with van der Waals surface area (Å²) in [6, 6.07) is 29.1. The summed E-state index contributed by atoms with van der Waals surface area (Å²) >= 11 is 0. The van der Waals surface area contributed by atoms with E-state index in [0.717, 1.165) is 68.7 Å². The van der Waals surface area contributed by atoms with Gasteiger partial charge in [-0.15, -0.1) is 0 Å². The number of likely N-dealkylation sites (tertiary alicyclic amines) is 1. The smallest absolute Gasteiger partial charge is 0.264 e. The standard InChI is InChI=1S/C58H63FN8O6/c1-38-50(58(71)67(45-12-14-48(68)15-13-45)54-31-46(34-60)61(3)39(54)2)33-55(62(38)4)51-28-41-17-20-65(56(69)30-42-11-16-49(32-53(42)59)73-26-23-63-21-24-72-25-22-63)35-44(41)29-52(51)57(70)66-36-43-10-6-5-9-40(43)27-47(66)37-64-18-7-8-19-64/h5-6,9-16,28-29,31-33,47,68H,7-8,17-27,30,35-37H2,1-4H3/t47-/m0/s1. The second-order valence-electron chi connectivity index (χ2n) is 19.9. The van der Waals surface area contributed by atoms with Gasteiger partial charge in [0.25, 0.3) is 11.8 Å². The van der Waals surface area contributed by atoms with E-state index in [0.29, 0.717) is 108 Å². The van der Waals surface area contributed by atoms with Crippen LogP contribution in [0.4, 0.5) is 15.8 Å². The third-order valence-electron chi connectivity index (χ3n) is 15.6. The number of carbonyl (C=O) groups is 3. The fourth-order valence-corrected chi connectivity index (χ4v) is 11.0. The molecule has 2 fully saturated rings. The molecule has 3 amide bonds. The van der Waals surface area contributed by atoms with E-state index in [-0.39, 0.29) is 42.5 Å². The molecule has 1 N–H and O–H groups in total. The molecular weight excluding hydrogens is 924 g/mol. The first-order chi connectivity index (χ1) is 35.3. The van der Waals surface area contributed by atoms with Crippen molar-refractivity contribution < 1.29 is 33.4 Å². The number of anilines is 2. The van der Waals surface area contributed by atoms with Gasteiger partial charge in [0.15, 0.2) is 0 Å². The van der Waals surface area contributed by atoms with E-state index in [1.807, 2.05) is 48.6 Å². The first-order valence-corrected chi connectivity index (χ1v) is 25.5. The Kier molecular flexibility index (Phi) is 14.2. The van der Waals surface area contributed by atoms with Crippen LogP contribution >= 0.6 is 0 Å². The molecule has 4 aliphatic heterocycles. The van der Waals surface area contributed by atoms with E-state index in [2.05, 4.69) is 40.1 Å². The number of morpholine rings is 1. The monoisotopic (exact) mass is 986 g/mol. The van der Waals surface area contributed by atoms with Gasteiger partial charge in [-0.05, 0) is 135 Å². The van der Waals surface area contributed by atoms with Crippen LogP contribution in [0.15, 0.2) is 91.0 Å². The third-order valence-corrected chi connectivity index (χ3v) is 15.6. The van der Waals surface area contributed by atoms with Crippen molar-refractivity contribution in [1.82, 2.24) is 28.7 Å². The number of aromatic nitrogens is 2. The van der Waals surface area contributed by atoms with Crippen molar-refractivity contribution >= 4 is 29.1 Å². The molecule has 15 heteroatoms. The predicted octanol–water partition coefficient (Wildman–Crippen LogP) is 7.84. The lowest BCUT2D eigenvalue weighted by Crippen LogP contribution is -2.49. The van der Waals surface area contributed by atoms with Crippen LogP contribution in [0.25, 0.3) is 11.3 Å². The average molecular weight is 987 g/mol. The second-order valence-corrected chi connectivity index (χ2v) is 19.9. The Balaban J connectivity index is 0.990. The number of amides is 3. The van der Waals surface area contributed by atoms with Gasteiger partial charge in [-0.1, -0.05) is 30.3 Å². The van der Waals surface area contributed by atoms with Gasteiger partial charge in [-0.25, -0.2) is 4.39 Å². The van der Waals surface area contributed by atoms with Crippen LogP contribution in [0, 0.1) is 31.0 Å². The molecule has 4 aromatic carbocycles. The molecule has 0 saturated carbocycles. The molecule has 73 heavy (non-hydrogen) atoms. The second kappa shape index (κ2) is 21.1. The number of hydrogen-bond donors (Lipinski definition) is 1. The predicted molar refractivity (Wildman–Crippen MR) is 276 cm³/mol. The topological polar surface area (TPSA) is 140 Å². The number of fused-ring (bicyclic) bond motifs is 2. The Morgan fingerprint density at radius 3 is 2.29 bits per heavy atom.